The van der Waals surface area contributed by atoms with Gasteiger partial charge in [-0.1, -0.05) is 32.8 Å². The minimum Gasteiger partial charge on any atom is -0.343 e. The zero-order chi connectivity index (χ0) is 15.2. The first-order valence-electron chi connectivity index (χ1n) is 7.68. The summed E-state index contributed by atoms with van der Waals surface area (Å²) in [6, 6.07) is 4.86. The first-order chi connectivity index (χ1) is 10.2. The van der Waals surface area contributed by atoms with Crippen molar-refractivity contribution < 1.29 is 9.59 Å². The van der Waals surface area contributed by atoms with Crippen molar-refractivity contribution in [2.24, 2.45) is 0 Å². The first kappa shape index (κ1) is 15.5. The second-order valence-corrected chi connectivity index (χ2v) is 5.44. The number of carbonyl (C=O) groups excluding carboxylic acids is 2. The third-order valence-corrected chi connectivity index (χ3v) is 3.77. The van der Waals surface area contributed by atoms with Gasteiger partial charge in [-0.25, -0.2) is 0 Å². The highest BCUT2D eigenvalue weighted by Crippen LogP contribution is 2.19. The molecule has 1 aliphatic heterocycles. The first-order valence-corrected chi connectivity index (χ1v) is 7.68. The fourth-order valence-corrected chi connectivity index (χ4v) is 2.72. The minimum absolute atomic E-state index is 0.0144. The number of carbonyl (C=O) groups is 2. The SMILES string of the molecule is CCCC1NC(=O)C(CCC)N(Cc2ccccn2)C1=O. The van der Waals surface area contributed by atoms with E-state index in [9.17, 15) is 9.59 Å². The van der Waals surface area contributed by atoms with Gasteiger partial charge in [0.15, 0.2) is 0 Å². The van der Waals surface area contributed by atoms with Gasteiger partial charge >= 0.3 is 0 Å². The third kappa shape index (κ3) is 3.60. The van der Waals surface area contributed by atoms with E-state index in [0.717, 1.165) is 18.5 Å². The molecule has 2 unspecified atom stereocenters. The van der Waals surface area contributed by atoms with Crippen molar-refractivity contribution in [3.8, 4) is 0 Å². The molecule has 0 aliphatic carbocycles. The van der Waals surface area contributed by atoms with Crippen LogP contribution in [0.3, 0.4) is 0 Å². The predicted octanol–water partition coefficient (Wildman–Crippen LogP) is 1.88. The van der Waals surface area contributed by atoms with E-state index < -0.39 is 0 Å². The number of hydrogen-bond donors (Lipinski definition) is 1. The van der Waals surface area contributed by atoms with E-state index in [0.29, 0.717) is 19.4 Å². The molecule has 2 heterocycles. The lowest BCUT2D eigenvalue weighted by Crippen LogP contribution is -2.62. The number of rotatable bonds is 6. The highest BCUT2D eigenvalue weighted by molar-refractivity contribution is 5.96. The Bertz CT molecular complexity index is 490. The lowest BCUT2D eigenvalue weighted by atomic mass is 10.00. The molecule has 21 heavy (non-hydrogen) atoms. The van der Waals surface area contributed by atoms with E-state index in [1.54, 1.807) is 11.1 Å². The Balaban J connectivity index is 2.21. The van der Waals surface area contributed by atoms with Crippen LogP contribution in [0.5, 0.6) is 0 Å². The Hall–Kier alpha value is -1.91. The van der Waals surface area contributed by atoms with Crippen molar-refractivity contribution in [2.45, 2.75) is 58.2 Å². The van der Waals surface area contributed by atoms with Gasteiger partial charge in [0.05, 0.1) is 12.2 Å². The van der Waals surface area contributed by atoms with Crippen molar-refractivity contribution in [1.82, 2.24) is 15.2 Å². The summed E-state index contributed by atoms with van der Waals surface area (Å²) in [7, 11) is 0. The maximum atomic E-state index is 12.6. The topological polar surface area (TPSA) is 62.3 Å². The number of aromatic nitrogens is 1. The number of nitrogens with zero attached hydrogens (tertiary/aromatic N) is 2. The van der Waals surface area contributed by atoms with E-state index >= 15 is 0 Å². The quantitative estimate of drug-likeness (QED) is 0.869. The summed E-state index contributed by atoms with van der Waals surface area (Å²) in [6.07, 6.45) is 4.81. The molecule has 5 heteroatoms. The smallest absolute Gasteiger partial charge is 0.246 e. The molecule has 1 N–H and O–H groups in total. The summed E-state index contributed by atoms with van der Waals surface area (Å²) in [6.45, 7) is 4.44. The van der Waals surface area contributed by atoms with Crippen LogP contribution in [0, 0.1) is 0 Å². The van der Waals surface area contributed by atoms with Gasteiger partial charge < -0.3 is 10.2 Å². The lowest BCUT2D eigenvalue weighted by molar-refractivity contribution is -0.150. The lowest BCUT2D eigenvalue weighted by Gasteiger charge is -2.38. The van der Waals surface area contributed by atoms with Crippen molar-refractivity contribution in [1.29, 1.82) is 0 Å². The van der Waals surface area contributed by atoms with Crippen LogP contribution >= 0.6 is 0 Å². The van der Waals surface area contributed by atoms with Gasteiger partial charge in [-0.15, -0.1) is 0 Å². The van der Waals surface area contributed by atoms with Gasteiger partial charge in [0.25, 0.3) is 0 Å². The summed E-state index contributed by atoms with van der Waals surface area (Å²) >= 11 is 0. The average Bonchev–Trinajstić information content (AvgIpc) is 2.49. The Labute approximate surface area is 125 Å². The average molecular weight is 289 g/mol. The van der Waals surface area contributed by atoms with E-state index in [2.05, 4.69) is 10.3 Å². The Kier molecular flexibility index (Phi) is 5.31. The molecule has 0 saturated carbocycles. The molecular formula is C16H23N3O2. The zero-order valence-corrected chi connectivity index (χ0v) is 12.7. The van der Waals surface area contributed by atoms with Gasteiger partial charge in [-0.3, -0.25) is 14.6 Å². The molecule has 1 aromatic heterocycles. The van der Waals surface area contributed by atoms with E-state index in [1.165, 1.54) is 0 Å². The van der Waals surface area contributed by atoms with Gasteiger partial charge in [0, 0.05) is 6.20 Å². The van der Waals surface area contributed by atoms with Gasteiger partial charge in [-0.05, 0) is 25.0 Å². The van der Waals surface area contributed by atoms with Crippen LogP contribution in [0.2, 0.25) is 0 Å². The molecule has 2 amide bonds. The van der Waals surface area contributed by atoms with Crippen LogP contribution in [0.4, 0.5) is 0 Å². The number of hydrogen-bond acceptors (Lipinski definition) is 3. The predicted molar refractivity (Wildman–Crippen MR) is 80.3 cm³/mol. The Morgan fingerprint density at radius 1 is 1.19 bits per heavy atom. The molecule has 1 aliphatic rings. The highest BCUT2D eigenvalue weighted by atomic mass is 16.2. The van der Waals surface area contributed by atoms with E-state index in [1.807, 2.05) is 32.0 Å². The van der Waals surface area contributed by atoms with Crippen molar-refractivity contribution in [3.05, 3.63) is 30.1 Å². The maximum Gasteiger partial charge on any atom is 0.246 e. The molecule has 2 rings (SSSR count). The van der Waals surface area contributed by atoms with Gasteiger partial charge in [0.2, 0.25) is 11.8 Å². The molecule has 5 nitrogen and oxygen atoms in total. The maximum absolute atomic E-state index is 12.6. The largest absolute Gasteiger partial charge is 0.343 e. The summed E-state index contributed by atoms with van der Waals surface area (Å²) < 4.78 is 0. The fraction of sp³-hybridized carbons (Fsp3) is 0.562. The second kappa shape index (κ2) is 7.20. The third-order valence-electron chi connectivity index (χ3n) is 3.77. The number of piperazine rings is 1. The summed E-state index contributed by atoms with van der Waals surface area (Å²) in [5, 5.41) is 2.87. The molecular weight excluding hydrogens is 266 g/mol. The fourth-order valence-electron chi connectivity index (χ4n) is 2.72. The van der Waals surface area contributed by atoms with Crippen LogP contribution in [0.15, 0.2) is 24.4 Å². The van der Waals surface area contributed by atoms with Crippen molar-refractivity contribution in [3.63, 3.8) is 0 Å². The van der Waals surface area contributed by atoms with Crippen LogP contribution < -0.4 is 5.32 Å². The molecule has 0 bridgehead atoms. The summed E-state index contributed by atoms with van der Waals surface area (Å²) in [4.78, 5) is 30.9. The molecule has 1 saturated heterocycles. The Morgan fingerprint density at radius 3 is 2.57 bits per heavy atom. The second-order valence-electron chi connectivity index (χ2n) is 5.44. The number of pyridine rings is 1. The van der Waals surface area contributed by atoms with Crippen LogP contribution in [0.1, 0.15) is 45.2 Å². The van der Waals surface area contributed by atoms with Crippen LogP contribution in [-0.4, -0.2) is 33.8 Å². The van der Waals surface area contributed by atoms with Gasteiger partial charge in [-0.2, -0.15) is 0 Å². The van der Waals surface area contributed by atoms with E-state index in [-0.39, 0.29) is 23.9 Å². The van der Waals surface area contributed by atoms with E-state index in [4.69, 9.17) is 0 Å². The molecule has 0 spiro atoms. The standard InChI is InChI=1S/C16H23N3O2/c1-3-7-13-16(21)19(11-12-9-5-6-10-17-12)14(8-4-2)15(20)18-13/h5-6,9-10,13-14H,3-4,7-8,11H2,1-2H3,(H,18,20). The normalized spacial score (nSPS) is 22.3. The zero-order valence-electron chi connectivity index (χ0n) is 12.7. The number of amides is 2. The molecule has 2 atom stereocenters. The van der Waals surface area contributed by atoms with Crippen LogP contribution in [0.25, 0.3) is 0 Å². The minimum atomic E-state index is -0.390. The highest BCUT2D eigenvalue weighted by Gasteiger charge is 2.39. The van der Waals surface area contributed by atoms with Crippen molar-refractivity contribution >= 4 is 11.8 Å². The van der Waals surface area contributed by atoms with Crippen LogP contribution in [-0.2, 0) is 16.1 Å². The number of nitrogens with one attached hydrogen (secondary N) is 1. The summed E-state index contributed by atoms with van der Waals surface area (Å²) in [5.74, 6) is -0.0219. The molecule has 114 valence electrons. The molecule has 1 fully saturated rings. The monoisotopic (exact) mass is 289 g/mol. The molecule has 1 aromatic rings. The molecule has 0 radical (unpaired) electrons. The van der Waals surface area contributed by atoms with Gasteiger partial charge in [0.1, 0.15) is 12.1 Å². The van der Waals surface area contributed by atoms with Crippen molar-refractivity contribution in [2.75, 3.05) is 0 Å². The Morgan fingerprint density at radius 2 is 1.95 bits per heavy atom. The molecule has 0 aromatic carbocycles. The summed E-state index contributed by atoms with van der Waals surface area (Å²) in [5.41, 5.74) is 0.817.